The standard InChI is InChI=1S/C14H15F2N5OS/c1-21-9-4-5-14(15,16)6-8(9)10(19-21)12(22)18-13-17-11(20-23-13)7-2-3-7/h7H,2-6H2,1H3,(H,17,18,20,22). The van der Waals surface area contributed by atoms with Crippen LogP contribution in [0.25, 0.3) is 0 Å². The van der Waals surface area contributed by atoms with Crippen molar-refractivity contribution < 1.29 is 13.6 Å². The van der Waals surface area contributed by atoms with E-state index in [1.54, 1.807) is 7.05 Å². The van der Waals surface area contributed by atoms with Crippen LogP contribution in [0.1, 0.15) is 52.8 Å². The Bertz CT molecular complexity index is 780. The van der Waals surface area contributed by atoms with Crippen LogP contribution in [0.2, 0.25) is 0 Å². The summed E-state index contributed by atoms with van der Waals surface area (Å²) in [6.07, 6.45) is 1.73. The van der Waals surface area contributed by atoms with E-state index in [9.17, 15) is 13.6 Å². The third-order valence-corrected chi connectivity index (χ3v) is 4.90. The van der Waals surface area contributed by atoms with E-state index in [4.69, 9.17) is 0 Å². The Morgan fingerprint density at radius 1 is 1.43 bits per heavy atom. The molecule has 0 aromatic carbocycles. The largest absolute Gasteiger partial charge is 0.295 e. The van der Waals surface area contributed by atoms with Crippen LogP contribution in [0, 0.1) is 0 Å². The van der Waals surface area contributed by atoms with Gasteiger partial charge in [-0.15, -0.1) is 0 Å². The second kappa shape index (κ2) is 5.05. The van der Waals surface area contributed by atoms with E-state index in [0.29, 0.717) is 22.3 Å². The molecule has 0 radical (unpaired) electrons. The lowest BCUT2D eigenvalue weighted by Gasteiger charge is -2.22. The molecule has 2 aliphatic carbocycles. The van der Waals surface area contributed by atoms with E-state index in [0.717, 1.165) is 30.2 Å². The van der Waals surface area contributed by atoms with Crippen LogP contribution in [0.15, 0.2) is 0 Å². The maximum atomic E-state index is 13.7. The number of amides is 1. The fourth-order valence-electron chi connectivity index (χ4n) is 2.88. The Morgan fingerprint density at radius 2 is 2.22 bits per heavy atom. The Labute approximate surface area is 135 Å². The van der Waals surface area contributed by atoms with Crippen molar-refractivity contribution in [3.63, 3.8) is 0 Å². The van der Waals surface area contributed by atoms with Gasteiger partial charge in [0.2, 0.25) is 5.13 Å². The summed E-state index contributed by atoms with van der Waals surface area (Å²) >= 11 is 1.11. The van der Waals surface area contributed by atoms with E-state index in [1.807, 2.05) is 0 Å². The minimum Gasteiger partial charge on any atom is -0.295 e. The van der Waals surface area contributed by atoms with E-state index in [-0.39, 0.29) is 18.5 Å². The first-order valence-electron chi connectivity index (χ1n) is 7.50. The molecule has 2 aromatic rings. The number of aromatic nitrogens is 4. The molecular formula is C14H15F2N5OS. The monoisotopic (exact) mass is 339 g/mol. The van der Waals surface area contributed by atoms with Crippen molar-refractivity contribution in [3.8, 4) is 0 Å². The predicted molar refractivity (Wildman–Crippen MR) is 80.0 cm³/mol. The summed E-state index contributed by atoms with van der Waals surface area (Å²) in [5.74, 6) is -2.14. The van der Waals surface area contributed by atoms with Crippen molar-refractivity contribution in [2.45, 2.75) is 43.9 Å². The number of aryl methyl sites for hydroxylation is 1. The normalized spacial score (nSPS) is 19.4. The van der Waals surface area contributed by atoms with Crippen LogP contribution in [0.4, 0.5) is 13.9 Å². The third-order valence-electron chi connectivity index (χ3n) is 4.26. The average Bonchev–Trinajstić information content (AvgIpc) is 3.15. The number of nitrogens with one attached hydrogen (secondary N) is 1. The molecule has 9 heteroatoms. The van der Waals surface area contributed by atoms with E-state index in [2.05, 4.69) is 19.8 Å². The van der Waals surface area contributed by atoms with E-state index >= 15 is 0 Å². The zero-order chi connectivity index (χ0) is 16.2. The molecule has 1 amide bonds. The molecule has 2 heterocycles. The number of alkyl halides is 2. The predicted octanol–water partition coefficient (Wildman–Crippen LogP) is 2.53. The molecule has 2 aliphatic rings. The SMILES string of the molecule is Cn1nc(C(=O)Nc2nc(C3CC3)ns2)c2c1CCC(F)(F)C2. The van der Waals surface area contributed by atoms with Gasteiger partial charge in [0.1, 0.15) is 5.82 Å². The molecule has 0 aliphatic heterocycles. The van der Waals surface area contributed by atoms with Gasteiger partial charge in [0.15, 0.2) is 5.69 Å². The van der Waals surface area contributed by atoms with Gasteiger partial charge in [-0.25, -0.2) is 13.8 Å². The minimum atomic E-state index is -2.78. The van der Waals surface area contributed by atoms with Crippen LogP contribution in [0.5, 0.6) is 0 Å². The second-order valence-electron chi connectivity index (χ2n) is 6.12. The first kappa shape index (κ1) is 14.7. The van der Waals surface area contributed by atoms with E-state index < -0.39 is 18.3 Å². The van der Waals surface area contributed by atoms with Crippen LogP contribution >= 0.6 is 11.5 Å². The molecule has 1 N–H and O–H groups in total. The molecule has 0 atom stereocenters. The maximum Gasteiger partial charge on any atom is 0.278 e. The van der Waals surface area contributed by atoms with Crippen molar-refractivity contribution >= 4 is 22.6 Å². The number of fused-ring (bicyclic) bond motifs is 1. The van der Waals surface area contributed by atoms with Gasteiger partial charge in [0, 0.05) is 48.6 Å². The molecular weight excluding hydrogens is 324 g/mol. The number of hydrogen-bond acceptors (Lipinski definition) is 5. The lowest BCUT2D eigenvalue weighted by molar-refractivity contribution is -0.0128. The van der Waals surface area contributed by atoms with Gasteiger partial charge in [0.25, 0.3) is 11.8 Å². The van der Waals surface area contributed by atoms with Crippen molar-refractivity contribution in [3.05, 3.63) is 22.8 Å². The fourth-order valence-corrected chi connectivity index (χ4v) is 3.52. The minimum absolute atomic E-state index is 0.0602. The number of anilines is 1. The van der Waals surface area contributed by atoms with Crippen LogP contribution in [-0.2, 0) is 19.9 Å². The summed E-state index contributed by atoms with van der Waals surface area (Å²) in [4.78, 5) is 16.7. The van der Waals surface area contributed by atoms with Crippen molar-refractivity contribution in [1.82, 2.24) is 19.1 Å². The van der Waals surface area contributed by atoms with Gasteiger partial charge in [-0.3, -0.25) is 14.8 Å². The Morgan fingerprint density at radius 3 is 2.96 bits per heavy atom. The summed E-state index contributed by atoms with van der Waals surface area (Å²) in [6, 6.07) is 0. The lowest BCUT2D eigenvalue weighted by atomic mass is 9.92. The summed E-state index contributed by atoms with van der Waals surface area (Å²) < 4.78 is 33.1. The average molecular weight is 339 g/mol. The Balaban J connectivity index is 1.58. The Kier molecular flexibility index (Phi) is 3.22. The van der Waals surface area contributed by atoms with Crippen LogP contribution in [0.3, 0.4) is 0 Å². The number of carbonyl (C=O) groups is 1. The van der Waals surface area contributed by atoms with Gasteiger partial charge in [-0.1, -0.05) is 0 Å². The van der Waals surface area contributed by atoms with Crippen molar-refractivity contribution in [2.75, 3.05) is 5.32 Å². The van der Waals surface area contributed by atoms with Crippen LogP contribution < -0.4 is 5.32 Å². The zero-order valence-electron chi connectivity index (χ0n) is 12.5. The highest BCUT2D eigenvalue weighted by Crippen LogP contribution is 2.39. The molecule has 0 unspecified atom stereocenters. The first-order chi connectivity index (χ1) is 10.9. The molecule has 23 heavy (non-hydrogen) atoms. The smallest absolute Gasteiger partial charge is 0.278 e. The molecule has 1 fully saturated rings. The molecule has 1 saturated carbocycles. The topological polar surface area (TPSA) is 72.7 Å². The molecule has 0 bridgehead atoms. The second-order valence-corrected chi connectivity index (χ2v) is 6.87. The number of halogens is 2. The number of rotatable bonds is 3. The summed E-state index contributed by atoms with van der Waals surface area (Å²) in [5, 5.41) is 7.16. The van der Waals surface area contributed by atoms with Crippen molar-refractivity contribution in [1.29, 1.82) is 0 Å². The zero-order valence-corrected chi connectivity index (χ0v) is 13.3. The highest BCUT2D eigenvalue weighted by atomic mass is 32.1. The Hall–Kier alpha value is -1.90. The van der Waals surface area contributed by atoms with Crippen molar-refractivity contribution in [2.24, 2.45) is 7.05 Å². The molecule has 0 spiro atoms. The van der Waals surface area contributed by atoms with Gasteiger partial charge in [-0.2, -0.15) is 9.47 Å². The molecule has 4 rings (SSSR count). The number of nitrogens with zero attached hydrogens (tertiary/aromatic N) is 4. The highest BCUT2D eigenvalue weighted by Gasteiger charge is 2.39. The van der Waals surface area contributed by atoms with Crippen LogP contribution in [-0.4, -0.2) is 31.0 Å². The van der Waals surface area contributed by atoms with E-state index in [1.165, 1.54) is 4.68 Å². The number of carbonyl (C=O) groups excluding carboxylic acids is 1. The maximum absolute atomic E-state index is 13.7. The highest BCUT2D eigenvalue weighted by molar-refractivity contribution is 7.09. The molecule has 122 valence electrons. The molecule has 6 nitrogen and oxygen atoms in total. The fraction of sp³-hybridized carbons (Fsp3) is 0.571. The third kappa shape index (κ3) is 2.73. The number of hydrogen-bond donors (Lipinski definition) is 1. The summed E-state index contributed by atoms with van der Waals surface area (Å²) in [7, 11) is 1.68. The van der Waals surface area contributed by atoms with Gasteiger partial charge < -0.3 is 0 Å². The summed E-state index contributed by atoms with van der Waals surface area (Å²) in [5.41, 5.74) is 1.11. The summed E-state index contributed by atoms with van der Waals surface area (Å²) in [6.45, 7) is 0. The quantitative estimate of drug-likeness (QED) is 0.933. The van der Waals surface area contributed by atoms with Gasteiger partial charge >= 0.3 is 0 Å². The first-order valence-corrected chi connectivity index (χ1v) is 8.28. The molecule has 2 aromatic heterocycles. The lowest BCUT2D eigenvalue weighted by Crippen LogP contribution is -2.27. The molecule has 0 saturated heterocycles. The van der Waals surface area contributed by atoms with Gasteiger partial charge in [0.05, 0.1) is 0 Å². The van der Waals surface area contributed by atoms with Gasteiger partial charge in [-0.05, 0) is 19.3 Å².